The number of aliphatic hydroxyl groups excluding tert-OH is 1. The van der Waals surface area contributed by atoms with E-state index < -0.39 is 31.5 Å². The molecule has 4 aliphatic rings. The fourth-order valence-corrected chi connectivity index (χ4v) is 11.8. The van der Waals surface area contributed by atoms with Crippen molar-refractivity contribution in [3.63, 3.8) is 0 Å². The van der Waals surface area contributed by atoms with Crippen LogP contribution in [0.1, 0.15) is 75.7 Å². The quantitative estimate of drug-likeness (QED) is 0.159. The maximum absolute atomic E-state index is 15.2. The van der Waals surface area contributed by atoms with Crippen LogP contribution >= 0.6 is 0 Å². The van der Waals surface area contributed by atoms with Crippen LogP contribution < -0.4 is 14.5 Å². The average molecular weight is 764 g/mol. The normalized spacial score (nSPS) is 24.8. The van der Waals surface area contributed by atoms with Crippen LogP contribution in [0.15, 0.2) is 90.0 Å². The van der Waals surface area contributed by atoms with Crippen molar-refractivity contribution in [1.82, 2.24) is 4.90 Å². The third-order valence-corrected chi connectivity index (χ3v) is 14.4. The van der Waals surface area contributed by atoms with Gasteiger partial charge in [0.2, 0.25) is 5.91 Å². The number of fused-ring (bicyclic) bond motifs is 4. The largest absolute Gasteiger partial charge is 0.454 e. The van der Waals surface area contributed by atoms with Crippen LogP contribution in [0, 0.1) is 5.92 Å². The van der Waals surface area contributed by atoms with E-state index >= 15 is 4.79 Å². The van der Waals surface area contributed by atoms with E-state index in [9.17, 15) is 19.5 Å². The van der Waals surface area contributed by atoms with E-state index in [2.05, 4.69) is 32.9 Å². The summed E-state index contributed by atoms with van der Waals surface area (Å²) in [5, 5.41) is 10.0. The maximum Gasteiger partial charge on any atom is 0.266 e. The summed E-state index contributed by atoms with van der Waals surface area (Å²) in [6, 6.07) is 19.9. The molecule has 1 spiro atoms. The number of benzene rings is 3. The van der Waals surface area contributed by atoms with Crippen LogP contribution in [0.2, 0.25) is 18.6 Å². The Balaban J connectivity index is 1.34. The van der Waals surface area contributed by atoms with Crippen molar-refractivity contribution >= 4 is 43.1 Å². The van der Waals surface area contributed by atoms with Gasteiger partial charge in [-0.15, -0.1) is 0 Å². The van der Waals surface area contributed by atoms with Crippen LogP contribution in [0.3, 0.4) is 0 Å². The Morgan fingerprint density at radius 2 is 1.71 bits per heavy atom. The van der Waals surface area contributed by atoms with Gasteiger partial charge in [-0.1, -0.05) is 54.5 Å². The first-order chi connectivity index (χ1) is 26.3. The summed E-state index contributed by atoms with van der Waals surface area (Å²) in [5.41, 5.74) is 3.20. The summed E-state index contributed by atoms with van der Waals surface area (Å²) < 4.78 is 13.3. The predicted octanol–water partition coefficient (Wildman–Crippen LogP) is 7.98. The van der Waals surface area contributed by atoms with Gasteiger partial charge in [0.05, 0.1) is 42.1 Å². The molecule has 2 N–H and O–H groups in total. The third-order valence-electron chi connectivity index (χ3n) is 11.9. The molecule has 55 heavy (non-hydrogen) atoms. The molecule has 0 saturated carbocycles. The van der Waals surface area contributed by atoms with Gasteiger partial charge < -0.3 is 29.2 Å². The van der Waals surface area contributed by atoms with Gasteiger partial charge >= 0.3 is 0 Å². The highest BCUT2D eigenvalue weighted by atomic mass is 28.4. The Kier molecular flexibility index (Phi) is 10.7. The summed E-state index contributed by atoms with van der Waals surface area (Å²) in [6.07, 6.45) is 6.85. The average Bonchev–Trinajstić information content (AvgIpc) is 3.78. The van der Waals surface area contributed by atoms with Gasteiger partial charge in [0.1, 0.15) is 5.75 Å². The van der Waals surface area contributed by atoms with E-state index in [1.54, 1.807) is 32.9 Å². The molecule has 3 aromatic carbocycles. The fraction of sp³-hybridized carbons (Fsp3) is 0.432. The summed E-state index contributed by atoms with van der Waals surface area (Å²) in [5.74, 6) is -0.208. The highest BCUT2D eigenvalue weighted by molar-refractivity contribution is 6.71. The molecule has 0 bridgehead atoms. The van der Waals surface area contributed by atoms with Gasteiger partial charge in [0, 0.05) is 35.8 Å². The molecule has 3 amide bonds. The zero-order valence-corrected chi connectivity index (χ0v) is 33.7. The first-order valence-electron chi connectivity index (χ1n) is 19.5. The highest BCUT2D eigenvalue weighted by Gasteiger charge is 2.66. The number of nitrogens with zero attached hydrogens (tertiary/aromatic N) is 3. The van der Waals surface area contributed by atoms with Crippen LogP contribution in [-0.2, 0) is 19.9 Å². The Morgan fingerprint density at radius 1 is 0.982 bits per heavy atom. The first kappa shape index (κ1) is 38.7. The lowest BCUT2D eigenvalue weighted by Crippen LogP contribution is -2.46. The van der Waals surface area contributed by atoms with E-state index in [-0.39, 0.29) is 36.8 Å². The van der Waals surface area contributed by atoms with Gasteiger partial charge in [-0.3, -0.25) is 19.3 Å². The van der Waals surface area contributed by atoms with E-state index in [0.717, 1.165) is 31.3 Å². The number of carbonyl (C=O) groups excluding carboxylic acids is 3. The molecule has 4 aliphatic heterocycles. The zero-order chi connectivity index (χ0) is 39.2. The lowest BCUT2D eigenvalue weighted by atomic mass is 9.82. The number of rotatable bonds is 10. The number of para-hydroxylation sites is 3. The van der Waals surface area contributed by atoms with Crippen molar-refractivity contribution in [3.05, 3.63) is 101 Å². The van der Waals surface area contributed by atoms with E-state index in [1.807, 2.05) is 68.5 Å². The molecule has 2 fully saturated rings. The van der Waals surface area contributed by atoms with Gasteiger partial charge in [-0.2, -0.15) is 0 Å². The number of carbonyl (C=O) groups is 3. The van der Waals surface area contributed by atoms with Crippen LogP contribution in [0.25, 0.3) is 0 Å². The molecule has 4 heterocycles. The lowest BCUT2D eigenvalue weighted by molar-refractivity contribution is -0.149. The van der Waals surface area contributed by atoms with Gasteiger partial charge in [0.25, 0.3) is 11.8 Å². The molecule has 7 rings (SSSR count). The Morgan fingerprint density at radius 3 is 2.44 bits per heavy atom. The molecule has 5 atom stereocenters. The Bertz CT molecular complexity index is 2050. The van der Waals surface area contributed by atoms with Crippen molar-refractivity contribution in [2.45, 2.75) is 96.2 Å². The topological polar surface area (TPSA) is 120 Å². The maximum atomic E-state index is 15.2. The number of ether oxygens (including phenoxy) is 2. The van der Waals surface area contributed by atoms with Crippen LogP contribution in [0.4, 0.5) is 17.1 Å². The molecule has 0 aromatic heterocycles. The molecule has 290 valence electrons. The molecule has 0 aliphatic carbocycles. The molecule has 0 unspecified atom stereocenters. The number of aliphatic hydroxyl groups is 1. The number of likely N-dealkylation sites (tertiary alicyclic amines) is 1. The van der Waals surface area contributed by atoms with Gasteiger partial charge in [-0.25, -0.2) is 0 Å². The SMILES string of the molecule is CC(C)=CCC/C(C)=C/CN1C(=O)[C@@]2(O[C@@H](CC(=O)N3CCC[C@H]3CO)[C@H]([Si](C)(C)O)[C@H]2C)c2cc(N3C(=O)c4ccccc4Oc4ccccc43)ccc21. The fourth-order valence-electron chi connectivity index (χ4n) is 9.23. The first-order valence-corrected chi connectivity index (χ1v) is 22.5. The second-order valence-corrected chi connectivity index (χ2v) is 20.3. The minimum atomic E-state index is -3.07. The number of amides is 3. The summed E-state index contributed by atoms with van der Waals surface area (Å²) in [4.78, 5) is 60.6. The van der Waals surface area contributed by atoms with Crippen molar-refractivity contribution in [1.29, 1.82) is 0 Å². The second kappa shape index (κ2) is 15.2. The van der Waals surface area contributed by atoms with Gasteiger partial charge in [-0.05, 0) is 102 Å². The summed E-state index contributed by atoms with van der Waals surface area (Å²) in [6.45, 7) is 12.6. The van der Waals surface area contributed by atoms with Crippen molar-refractivity contribution < 1.29 is 33.8 Å². The van der Waals surface area contributed by atoms with Crippen molar-refractivity contribution in [2.75, 3.05) is 29.5 Å². The number of hydrogen-bond donors (Lipinski definition) is 2. The van der Waals surface area contributed by atoms with Crippen LogP contribution in [0.5, 0.6) is 11.5 Å². The van der Waals surface area contributed by atoms with Crippen LogP contribution in [-0.4, -0.2) is 72.7 Å². The molecule has 2 saturated heterocycles. The predicted molar refractivity (Wildman–Crippen MR) is 216 cm³/mol. The van der Waals surface area contributed by atoms with Crippen molar-refractivity contribution in [2.24, 2.45) is 5.92 Å². The van der Waals surface area contributed by atoms with E-state index in [0.29, 0.717) is 52.8 Å². The van der Waals surface area contributed by atoms with E-state index in [1.165, 1.54) is 5.57 Å². The van der Waals surface area contributed by atoms with Gasteiger partial charge in [0.15, 0.2) is 19.7 Å². The Hall–Kier alpha value is -4.55. The number of allylic oxidation sites excluding steroid dienone is 3. The minimum Gasteiger partial charge on any atom is -0.454 e. The molecule has 0 radical (unpaired) electrons. The monoisotopic (exact) mass is 763 g/mol. The lowest BCUT2D eigenvalue weighted by Gasteiger charge is -2.33. The zero-order valence-electron chi connectivity index (χ0n) is 32.7. The minimum absolute atomic E-state index is 0.0119. The molecular formula is C44H53N3O7Si. The molecule has 3 aromatic rings. The van der Waals surface area contributed by atoms with Crippen molar-refractivity contribution in [3.8, 4) is 11.5 Å². The smallest absolute Gasteiger partial charge is 0.266 e. The molecular weight excluding hydrogens is 711 g/mol. The second-order valence-electron chi connectivity index (χ2n) is 16.3. The van der Waals surface area contributed by atoms with E-state index in [4.69, 9.17) is 9.47 Å². The third kappa shape index (κ3) is 6.96. The number of anilines is 3. The molecule has 11 heteroatoms. The number of hydrogen-bond acceptors (Lipinski definition) is 7. The molecule has 10 nitrogen and oxygen atoms in total. The summed E-state index contributed by atoms with van der Waals surface area (Å²) in [7, 11) is -3.07. The summed E-state index contributed by atoms with van der Waals surface area (Å²) >= 11 is 0. The Labute approximate surface area is 325 Å². The highest BCUT2D eigenvalue weighted by Crippen LogP contribution is 2.60. The standard InChI is InChI=1S/C44H53N3O7Si/c1-28(2)13-11-14-29(3)22-24-46-35-21-20-31(47-36-17-8-10-19-38(36)53-37-18-9-7-16-33(37)42(47)50)25-34(35)44(43(46)51)30(4)41(55(5,6)52)39(54-44)26-40(49)45-23-12-15-32(45)27-48/h7-10,13,16-22,25,30,32,39,41,48,52H,11-12,14-15,23-24,26-27H2,1-6H3/b29-22+/t30-,32+,39+,41-,44+/m1/s1.